The number of piperazine rings is 1. The molecule has 3 aliphatic heterocycles. The highest BCUT2D eigenvalue weighted by molar-refractivity contribution is 5.77. The van der Waals surface area contributed by atoms with E-state index in [2.05, 4.69) is 9.80 Å². The number of carbonyl (C=O) groups is 1. The van der Waals surface area contributed by atoms with E-state index in [1.54, 1.807) is 0 Å². The molecule has 3 rings (SSSR count). The quantitative estimate of drug-likeness (QED) is 0.668. The van der Waals surface area contributed by atoms with Gasteiger partial charge >= 0.3 is 5.97 Å². The predicted molar refractivity (Wildman–Crippen MR) is 66.4 cm³/mol. The second-order valence-electron chi connectivity index (χ2n) is 5.44. The van der Waals surface area contributed by atoms with Crippen molar-refractivity contribution in [3.05, 3.63) is 0 Å². The summed E-state index contributed by atoms with van der Waals surface area (Å²) in [6, 6.07) is 0.0230. The fourth-order valence-electron chi connectivity index (χ4n) is 3.15. The zero-order valence-electron chi connectivity index (χ0n) is 10.8. The SMILES string of the molecule is O=C1OCCC1N1CCN(CC2CCCO2)CC1. The van der Waals surface area contributed by atoms with Crippen LogP contribution in [0.25, 0.3) is 0 Å². The van der Waals surface area contributed by atoms with Crippen molar-refractivity contribution in [2.45, 2.75) is 31.4 Å². The number of nitrogens with zero attached hydrogens (tertiary/aromatic N) is 2. The molecule has 102 valence electrons. The third-order valence-corrected chi connectivity index (χ3v) is 4.24. The number of cyclic esters (lactones) is 1. The van der Waals surface area contributed by atoms with Crippen LogP contribution in [0.2, 0.25) is 0 Å². The van der Waals surface area contributed by atoms with E-state index < -0.39 is 0 Å². The molecule has 0 amide bonds. The summed E-state index contributed by atoms with van der Waals surface area (Å²) in [7, 11) is 0. The maximum absolute atomic E-state index is 11.5. The van der Waals surface area contributed by atoms with Crippen molar-refractivity contribution in [1.29, 1.82) is 0 Å². The summed E-state index contributed by atoms with van der Waals surface area (Å²) in [5.74, 6) is -0.0254. The lowest BCUT2D eigenvalue weighted by Crippen LogP contribution is -2.52. The maximum Gasteiger partial charge on any atom is 0.323 e. The van der Waals surface area contributed by atoms with Gasteiger partial charge < -0.3 is 9.47 Å². The number of esters is 1. The molecule has 0 saturated carbocycles. The Morgan fingerprint density at radius 1 is 1.11 bits per heavy atom. The highest BCUT2D eigenvalue weighted by Crippen LogP contribution is 2.18. The van der Waals surface area contributed by atoms with Crippen LogP contribution in [0.4, 0.5) is 0 Å². The van der Waals surface area contributed by atoms with Gasteiger partial charge in [0.25, 0.3) is 0 Å². The van der Waals surface area contributed by atoms with E-state index >= 15 is 0 Å². The summed E-state index contributed by atoms with van der Waals surface area (Å²) in [6.07, 6.45) is 3.71. The van der Waals surface area contributed by atoms with Crippen molar-refractivity contribution >= 4 is 5.97 Å². The lowest BCUT2D eigenvalue weighted by molar-refractivity contribution is -0.142. The van der Waals surface area contributed by atoms with E-state index in [9.17, 15) is 4.79 Å². The van der Waals surface area contributed by atoms with Crippen molar-refractivity contribution in [3.8, 4) is 0 Å². The maximum atomic E-state index is 11.5. The van der Waals surface area contributed by atoms with E-state index in [1.807, 2.05) is 0 Å². The van der Waals surface area contributed by atoms with Crippen LogP contribution in [0, 0.1) is 0 Å². The van der Waals surface area contributed by atoms with Crippen LogP contribution in [0.3, 0.4) is 0 Å². The van der Waals surface area contributed by atoms with E-state index in [4.69, 9.17) is 9.47 Å². The lowest BCUT2D eigenvalue weighted by atomic mass is 10.1. The highest BCUT2D eigenvalue weighted by Gasteiger charge is 2.34. The summed E-state index contributed by atoms with van der Waals surface area (Å²) in [6.45, 7) is 6.63. The molecule has 0 aromatic rings. The Balaban J connectivity index is 1.44. The molecule has 3 saturated heterocycles. The van der Waals surface area contributed by atoms with Crippen LogP contribution in [-0.2, 0) is 14.3 Å². The summed E-state index contributed by atoms with van der Waals surface area (Å²) in [5.41, 5.74) is 0. The zero-order valence-corrected chi connectivity index (χ0v) is 10.8. The second kappa shape index (κ2) is 5.55. The first-order valence-corrected chi connectivity index (χ1v) is 7.07. The van der Waals surface area contributed by atoms with Crippen LogP contribution >= 0.6 is 0 Å². The molecule has 0 bridgehead atoms. The molecule has 0 aromatic heterocycles. The molecular formula is C13H22N2O3. The molecule has 0 N–H and O–H groups in total. The van der Waals surface area contributed by atoms with Gasteiger partial charge in [0, 0.05) is 45.8 Å². The highest BCUT2D eigenvalue weighted by atomic mass is 16.5. The van der Waals surface area contributed by atoms with E-state index in [1.165, 1.54) is 12.8 Å². The Bertz CT molecular complexity index is 297. The van der Waals surface area contributed by atoms with Crippen molar-refractivity contribution in [1.82, 2.24) is 9.80 Å². The molecule has 0 radical (unpaired) electrons. The van der Waals surface area contributed by atoms with Gasteiger partial charge in [-0.2, -0.15) is 0 Å². The zero-order chi connectivity index (χ0) is 12.4. The molecule has 0 aliphatic carbocycles. The number of hydrogen-bond acceptors (Lipinski definition) is 5. The van der Waals surface area contributed by atoms with Gasteiger partial charge in [0.1, 0.15) is 6.04 Å². The van der Waals surface area contributed by atoms with Crippen LogP contribution in [0.1, 0.15) is 19.3 Å². The fraction of sp³-hybridized carbons (Fsp3) is 0.923. The number of hydrogen-bond donors (Lipinski definition) is 0. The fourth-order valence-corrected chi connectivity index (χ4v) is 3.15. The average Bonchev–Trinajstić information content (AvgIpc) is 3.02. The van der Waals surface area contributed by atoms with Gasteiger partial charge in [-0.15, -0.1) is 0 Å². The van der Waals surface area contributed by atoms with Crippen LogP contribution < -0.4 is 0 Å². The van der Waals surface area contributed by atoms with Gasteiger partial charge in [-0.3, -0.25) is 14.6 Å². The summed E-state index contributed by atoms with van der Waals surface area (Å²) >= 11 is 0. The Hall–Kier alpha value is -0.650. The second-order valence-corrected chi connectivity index (χ2v) is 5.44. The normalized spacial score (nSPS) is 35.0. The smallest absolute Gasteiger partial charge is 0.323 e. The molecule has 5 heteroatoms. The van der Waals surface area contributed by atoms with Gasteiger partial charge in [0.2, 0.25) is 0 Å². The molecule has 3 fully saturated rings. The molecule has 5 nitrogen and oxygen atoms in total. The minimum Gasteiger partial charge on any atom is -0.464 e. The summed E-state index contributed by atoms with van der Waals surface area (Å²) in [5, 5.41) is 0. The Kier molecular flexibility index (Phi) is 3.82. The number of ether oxygens (including phenoxy) is 2. The molecule has 3 aliphatic rings. The van der Waals surface area contributed by atoms with Crippen molar-refractivity contribution < 1.29 is 14.3 Å². The molecule has 3 heterocycles. The van der Waals surface area contributed by atoms with Crippen molar-refractivity contribution in [2.75, 3.05) is 45.9 Å². The average molecular weight is 254 g/mol. The van der Waals surface area contributed by atoms with E-state index in [-0.39, 0.29) is 12.0 Å². The van der Waals surface area contributed by atoms with Crippen LogP contribution in [0.5, 0.6) is 0 Å². The van der Waals surface area contributed by atoms with Gasteiger partial charge in [-0.1, -0.05) is 0 Å². The molecular weight excluding hydrogens is 232 g/mol. The van der Waals surface area contributed by atoms with Gasteiger partial charge in [0.15, 0.2) is 0 Å². The van der Waals surface area contributed by atoms with Gasteiger partial charge in [-0.05, 0) is 12.8 Å². The molecule has 18 heavy (non-hydrogen) atoms. The Labute approximate surface area is 108 Å². The van der Waals surface area contributed by atoms with Crippen molar-refractivity contribution in [2.24, 2.45) is 0 Å². The van der Waals surface area contributed by atoms with Crippen molar-refractivity contribution in [3.63, 3.8) is 0 Å². The minimum absolute atomic E-state index is 0.0230. The van der Waals surface area contributed by atoms with E-state index in [0.717, 1.165) is 45.8 Å². The number of rotatable bonds is 3. The van der Waals surface area contributed by atoms with Crippen LogP contribution in [0.15, 0.2) is 0 Å². The Morgan fingerprint density at radius 2 is 1.94 bits per heavy atom. The monoisotopic (exact) mass is 254 g/mol. The minimum atomic E-state index is -0.0254. The summed E-state index contributed by atoms with van der Waals surface area (Å²) in [4.78, 5) is 16.3. The third kappa shape index (κ3) is 2.68. The van der Waals surface area contributed by atoms with E-state index in [0.29, 0.717) is 12.7 Å². The van der Waals surface area contributed by atoms with Gasteiger partial charge in [0.05, 0.1) is 12.7 Å². The third-order valence-electron chi connectivity index (χ3n) is 4.24. The molecule has 0 aromatic carbocycles. The molecule has 2 atom stereocenters. The van der Waals surface area contributed by atoms with Crippen LogP contribution in [-0.4, -0.2) is 73.9 Å². The molecule has 0 spiro atoms. The molecule has 2 unspecified atom stereocenters. The predicted octanol–water partition coefficient (Wildman–Crippen LogP) is 0.0985. The first kappa shape index (κ1) is 12.4. The first-order chi connectivity index (χ1) is 8.83. The topological polar surface area (TPSA) is 42.0 Å². The van der Waals surface area contributed by atoms with Gasteiger partial charge in [-0.25, -0.2) is 0 Å². The Morgan fingerprint density at radius 3 is 2.56 bits per heavy atom. The first-order valence-electron chi connectivity index (χ1n) is 7.07. The largest absolute Gasteiger partial charge is 0.464 e. The number of carbonyl (C=O) groups excluding carboxylic acids is 1. The lowest BCUT2D eigenvalue weighted by Gasteiger charge is -2.37. The summed E-state index contributed by atoms with van der Waals surface area (Å²) < 4.78 is 10.7. The standard InChI is InChI=1S/C13H22N2O3/c16-13-12(3-9-18-13)15-6-4-14(5-7-15)10-11-2-1-8-17-11/h11-12H,1-10H2.